The van der Waals surface area contributed by atoms with Gasteiger partial charge in [-0.25, -0.2) is 0 Å². The number of anilines is 1. The Labute approximate surface area is 155 Å². The number of rotatable bonds is 5. The van der Waals surface area contributed by atoms with Crippen molar-refractivity contribution >= 4 is 28.0 Å². The lowest BCUT2D eigenvalue weighted by Crippen LogP contribution is -2.14. The predicted molar refractivity (Wildman–Crippen MR) is 105 cm³/mol. The highest BCUT2D eigenvalue weighted by molar-refractivity contribution is 5.86. The van der Waals surface area contributed by atoms with Crippen molar-refractivity contribution in [2.24, 2.45) is 0 Å². The Kier molecular flexibility index (Phi) is 6.45. The molecule has 0 fully saturated rings. The number of aromatic nitrogens is 1. The Morgan fingerprint density at radius 1 is 1.04 bits per heavy atom. The van der Waals surface area contributed by atoms with E-state index in [4.69, 9.17) is 5.73 Å². The Morgan fingerprint density at radius 2 is 1.67 bits per heavy atom. The van der Waals surface area contributed by atoms with Gasteiger partial charge >= 0.3 is 0 Å². The highest BCUT2D eigenvalue weighted by Gasteiger charge is 2.11. The lowest BCUT2D eigenvalue weighted by Gasteiger charge is -2.08. The molecule has 9 nitrogen and oxygen atoms in total. The Bertz CT molecular complexity index is 923. The number of aromatic amines is 1. The fourth-order valence-electron chi connectivity index (χ4n) is 2.47. The number of nitrogens with one attached hydrogen (secondary N) is 1. The molecule has 0 aliphatic rings. The molecule has 3 aromatic rings. The highest BCUT2D eigenvalue weighted by Crippen LogP contribution is 2.21. The summed E-state index contributed by atoms with van der Waals surface area (Å²) in [6, 6.07) is 10.6. The number of hydrogen-bond donors (Lipinski definition) is 2. The van der Waals surface area contributed by atoms with E-state index >= 15 is 0 Å². The molecule has 0 aliphatic carbocycles. The number of likely N-dealkylation sites (N-methyl/N-ethyl adjacent to an activating group) is 1. The quantitative estimate of drug-likeness (QED) is 0.401. The Morgan fingerprint density at radius 3 is 2.22 bits per heavy atom. The van der Waals surface area contributed by atoms with E-state index in [-0.39, 0.29) is 11.4 Å². The zero-order chi connectivity index (χ0) is 20.0. The van der Waals surface area contributed by atoms with Gasteiger partial charge in [-0.15, -0.1) is 0 Å². The Hall–Kier alpha value is -3.46. The number of nitro benzene ring substituents is 2. The van der Waals surface area contributed by atoms with Gasteiger partial charge in [-0.2, -0.15) is 0 Å². The number of fused-ring (bicyclic) bond motifs is 1. The number of non-ortho nitro benzene ring substituents is 2. The minimum absolute atomic E-state index is 0.274. The third-order valence-electron chi connectivity index (χ3n) is 3.87. The summed E-state index contributed by atoms with van der Waals surface area (Å²) < 4.78 is 0. The minimum atomic E-state index is -0.674. The molecule has 1 heterocycles. The maximum Gasteiger partial charge on any atom is 0.276 e. The number of H-pyrrole nitrogens is 1. The minimum Gasteiger partial charge on any atom is -0.399 e. The number of hydrogen-bond acceptors (Lipinski definition) is 6. The molecule has 0 unspecified atom stereocenters. The number of nitrogen functional groups attached to an aromatic ring is 1. The third-order valence-corrected chi connectivity index (χ3v) is 3.87. The van der Waals surface area contributed by atoms with Gasteiger partial charge in [0, 0.05) is 41.5 Å². The molecule has 0 radical (unpaired) electrons. The van der Waals surface area contributed by atoms with Crippen molar-refractivity contribution < 1.29 is 9.85 Å². The van der Waals surface area contributed by atoms with Crippen LogP contribution in [0.4, 0.5) is 17.1 Å². The molecule has 0 saturated heterocycles. The van der Waals surface area contributed by atoms with Crippen LogP contribution in [-0.4, -0.2) is 40.4 Å². The normalized spacial score (nSPS) is 10.5. The molecule has 3 rings (SSSR count). The first-order valence-electron chi connectivity index (χ1n) is 8.17. The van der Waals surface area contributed by atoms with Crippen LogP contribution < -0.4 is 5.73 Å². The average molecular weight is 371 g/mol. The molecule has 2 aromatic carbocycles. The first-order chi connectivity index (χ1) is 12.8. The second-order valence-electron chi connectivity index (χ2n) is 6.21. The molecule has 0 atom stereocenters. The summed E-state index contributed by atoms with van der Waals surface area (Å²) in [4.78, 5) is 24.4. The van der Waals surface area contributed by atoms with E-state index in [0.717, 1.165) is 30.2 Å². The van der Waals surface area contributed by atoms with Gasteiger partial charge in [-0.3, -0.25) is 20.2 Å². The number of nitrogens with zero attached hydrogens (tertiary/aromatic N) is 3. The zero-order valence-electron chi connectivity index (χ0n) is 15.1. The molecular formula is C18H21N5O4. The maximum atomic E-state index is 10.2. The summed E-state index contributed by atoms with van der Waals surface area (Å²) in [7, 11) is 4.17. The van der Waals surface area contributed by atoms with Gasteiger partial charge in [0.1, 0.15) is 0 Å². The number of nitrogens with two attached hydrogens (primary N) is 1. The second-order valence-corrected chi connectivity index (χ2v) is 6.21. The summed E-state index contributed by atoms with van der Waals surface area (Å²) in [6.45, 7) is 1.06. The zero-order valence-corrected chi connectivity index (χ0v) is 15.1. The smallest absolute Gasteiger partial charge is 0.276 e. The lowest BCUT2D eigenvalue weighted by molar-refractivity contribution is -0.394. The number of benzene rings is 2. The van der Waals surface area contributed by atoms with Crippen molar-refractivity contribution in [3.05, 3.63) is 74.5 Å². The summed E-state index contributed by atoms with van der Waals surface area (Å²) in [5.41, 5.74) is 8.57. The van der Waals surface area contributed by atoms with Crippen LogP contribution in [0.2, 0.25) is 0 Å². The fraction of sp³-hybridized carbons (Fsp3) is 0.222. The largest absolute Gasteiger partial charge is 0.399 e. The average Bonchev–Trinajstić information content (AvgIpc) is 3.02. The molecule has 1 aromatic heterocycles. The first kappa shape index (κ1) is 19.9. The van der Waals surface area contributed by atoms with E-state index in [1.165, 1.54) is 29.1 Å². The van der Waals surface area contributed by atoms with Gasteiger partial charge in [-0.05, 0) is 50.3 Å². The van der Waals surface area contributed by atoms with Crippen LogP contribution in [0.15, 0.2) is 48.7 Å². The van der Waals surface area contributed by atoms with E-state index in [0.29, 0.717) is 0 Å². The van der Waals surface area contributed by atoms with Crippen LogP contribution in [0.5, 0.6) is 0 Å². The van der Waals surface area contributed by atoms with Crippen molar-refractivity contribution in [1.29, 1.82) is 0 Å². The van der Waals surface area contributed by atoms with Crippen molar-refractivity contribution in [2.75, 3.05) is 26.4 Å². The van der Waals surface area contributed by atoms with Crippen molar-refractivity contribution in [1.82, 2.24) is 9.88 Å². The molecule has 0 aliphatic heterocycles. The van der Waals surface area contributed by atoms with Crippen LogP contribution >= 0.6 is 0 Å². The standard InChI is InChI=1S/C12H17N3.C6H4N2O4/c1-15(2)6-5-9-8-14-12-4-3-10(13)7-11(9)12;9-7(10)5-2-1-3-6(4-5)8(11)12/h3-4,7-8,14H,5-6,13H2,1-2H3;1-4H. The van der Waals surface area contributed by atoms with Gasteiger partial charge in [0.25, 0.3) is 11.4 Å². The Balaban J connectivity index is 0.000000199. The summed E-state index contributed by atoms with van der Waals surface area (Å²) in [6.07, 6.45) is 3.13. The number of nitro groups is 2. The molecule has 9 heteroatoms. The lowest BCUT2D eigenvalue weighted by atomic mass is 10.1. The van der Waals surface area contributed by atoms with E-state index in [9.17, 15) is 20.2 Å². The van der Waals surface area contributed by atoms with E-state index < -0.39 is 9.85 Å². The van der Waals surface area contributed by atoms with Crippen molar-refractivity contribution in [3.8, 4) is 0 Å². The summed E-state index contributed by atoms with van der Waals surface area (Å²) in [5.74, 6) is 0. The molecular weight excluding hydrogens is 350 g/mol. The van der Waals surface area contributed by atoms with Crippen molar-refractivity contribution in [3.63, 3.8) is 0 Å². The van der Waals surface area contributed by atoms with Crippen LogP contribution in [0.25, 0.3) is 10.9 Å². The third kappa shape index (κ3) is 5.51. The van der Waals surface area contributed by atoms with Gasteiger partial charge in [0.2, 0.25) is 0 Å². The van der Waals surface area contributed by atoms with E-state index in [2.05, 4.69) is 30.2 Å². The maximum absolute atomic E-state index is 10.2. The van der Waals surface area contributed by atoms with Gasteiger partial charge in [0.05, 0.1) is 15.9 Å². The summed E-state index contributed by atoms with van der Waals surface area (Å²) >= 11 is 0. The molecule has 0 amide bonds. The van der Waals surface area contributed by atoms with Gasteiger partial charge in [0.15, 0.2) is 0 Å². The second kappa shape index (κ2) is 8.77. The molecule has 27 heavy (non-hydrogen) atoms. The van der Waals surface area contributed by atoms with E-state index in [1.54, 1.807) is 0 Å². The molecule has 0 bridgehead atoms. The molecule has 0 spiro atoms. The highest BCUT2D eigenvalue weighted by atomic mass is 16.6. The van der Waals surface area contributed by atoms with Gasteiger partial charge < -0.3 is 15.6 Å². The molecule has 3 N–H and O–H groups in total. The van der Waals surface area contributed by atoms with Gasteiger partial charge in [-0.1, -0.05) is 0 Å². The predicted octanol–water partition coefficient (Wildman–Crippen LogP) is 3.36. The summed E-state index contributed by atoms with van der Waals surface area (Å²) in [5, 5.41) is 21.6. The molecule has 0 saturated carbocycles. The molecule has 142 valence electrons. The first-order valence-corrected chi connectivity index (χ1v) is 8.17. The fourth-order valence-corrected chi connectivity index (χ4v) is 2.47. The van der Waals surface area contributed by atoms with Crippen LogP contribution in [0.3, 0.4) is 0 Å². The monoisotopic (exact) mass is 371 g/mol. The van der Waals surface area contributed by atoms with E-state index in [1.807, 2.05) is 18.2 Å². The SMILES string of the molecule is CN(C)CCc1c[nH]c2ccc(N)cc12.O=[N+]([O-])c1cccc([N+](=O)[O-])c1. The van der Waals surface area contributed by atoms with Crippen LogP contribution in [0.1, 0.15) is 5.56 Å². The van der Waals surface area contributed by atoms with Crippen LogP contribution in [0, 0.1) is 20.2 Å². The van der Waals surface area contributed by atoms with Crippen LogP contribution in [-0.2, 0) is 6.42 Å². The van der Waals surface area contributed by atoms with Crippen molar-refractivity contribution in [2.45, 2.75) is 6.42 Å². The topological polar surface area (TPSA) is 131 Å².